The first-order chi connectivity index (χ1) is 14.0. The molecule has 1 amide bonds. The van der Waals surface area contributed by atoms with Crippen LogP contribution in [0.5, 0.6) is 5.75 Å². The number of carbonyl (C=O) groups excluding carboxylic acids is 1. The number of methoxy groups -OCH3 is 1. The van der Waals surface area contributed by atoms with E-state index in [0.717, 1.165) is 69.1 Å². The van der Waals surface area contributed by atoms with E-state index < -0.39 is 0 Å². The van der Waals surface area contributed by atoms with E-state index >= 15 is 0 Å². The molecule has 1 saturated heterocycles. The second kappa shape index (κ2) is 8.49. The molecule has 6 nitrogen and oxygen atoms in total. The van der Waals surface area contributed by atoms with Gasteiger partial charge in [-0.3, -0.25) is 9.69 Å². The van der Waals surface area contributed by atoms with Crippen molar-refractivity contribution in [3.63, 3.8) is 0 Å². The lowest BCUT2D eigenvalue weighted by Gasteiger charge is -2.35. The van der Waals surface area contributed by atoms with Crippen LogP contribution in [-0.2, 0) is 24.3 Å². The van der Waals surface area contributed by atoms with Crippen LogP contribution in [0.3, 0.4) is 0 Å². The number of likely N-dealkylation sites (tertiary alicyclic amines) is 1. The number of hydrogen-bond acceptors (Lipinski definition) is 5. The molecular formula is C23H30N4O2. The monoisotopic (exact) mass is 394 g/mol. The van der Waals surface area contributed by atoms with Crippen molar-refractivity contribution in [2.45, 2.75) is 58.7 Å². The molecule has 0 radical (unpaired) electrons. The summed E-state index contributed by atoms with van der Waals surface area (Å²) in [6, 6.07) is 6.41. The Bertz CT molecular complexity index is 898. The summed E-state index contributed by atoms with van der Waals surface area (Å²) >= 11 is 0. The minimum absolute atomic E-state index is 0.0291. The highest BCUT2D eigenvalue weighted by Gasteiger charge is 2.29. The average Bonchev–Trinajstić information content (AvgIpc) is 2.74. The summed E-state index contributed by atoms with van der Waals surface area (Å²) in [6.07, 6.45) is 6.03. The number of carbonyl (C=O) groups is 1. The van der Waals surface area contributed by atoms with E-state index in [1.165, 1.54) is 16.7 Å². The van der Waals surface area contributed by atoms with Crippen LogP contribution in [-0.4, -0.2) is 45.9 Å². The maximum Gasteiger partial charge on any atom is 0.220 e. The summed E-state index contributed by atoms with van der Waals surface area (Å²) in [6.45, 7) is 7.19. The van der Waals surface area contributed by atoms with Gasteiger partial charge >= 0.3 is 0 Å². The fraction of sp³-hybridized carbons (Fsp3) is 0.522. The van der Waals surface area contributed by atoms with E-state index in [4.69, 9.17) is 9.72 Å². The van der Waals surface area contributed by atoms with Crippen molar-refractivity contribution >= 4 is 5.91 Å². The third kappa shape index (κ3) is 4.27. The van der Waals surface area contributed by atoms with Crippen molar-refractivity contribution in [1.29, 1.82) is 0 Å². The first-order valence-corrected chi connectivity index (χ1v) is 10.5. The Balaban J connectivity index is 1.49. The summed E-state index contributed by atoms with van der Waals surface area (Å²) < 4.78 is 5.57. The van der Waals surface area contributed by atoms with Crippen LogP contribution in [0.1, 0.15) is 60.4 Å². The molecule has 3 heterocycles. The van der Waals surface area contributed by atoms with Crippen LogP contribution in [0.25, 0.3) is 0 Å². The Kier molecular flexibility index (Phi) is 5.81. The van der Waals surface area contributed by atoms with Crippen LogP contribution in [0.4, 0.5) is 0 Å². The molecule has 2 aliphatic rings. The van der Waals surface area contributed by atoms with Gasteiger partial charge < -0.3 is 9.64 Å². The van der Waals surface area contributed by atoms with Crippen LogP contribution in [0, 0.1) is 6.92 Å². The summed E-state index contributed by atoms with van der Waals surface area (Å²) in [5, 5.41) is 0. The van der Waals surface area contributed by atoms with E-state index in [2.05, 4.69) is 35.0 Å². The molecule has 1 aromatic heterocycles. The first-order valence-electron chi connectivity index (χ1n) is 10.5. The molecule has 0 saturated carbocycles. The molecular weight excluding hydrogens is 364 g/mol. The molecule has 0 N–H and O–H groups in total. The van der Waals surface area contributed by atoms with Crippen molar-refractivity contribution in [1.82, 2.24) is 19.8 Å². The van der Waals surface area contributed by atoms with Crippen molar-refractivity contribution in [2.24, 2.45) is 0 Å². The molecule has 0 aliphatic carbocycles. The van der Waals surface area contributed by atoms with E-state index in [1.54, 1.807) is 14.0 Å². The second-order valence-electron chi connectivity index (χ2n) is 8.20. The quantitative estimate of drug-likeness (QED) is 0.795. The topological polar surface area (TPSA) is 58.6 Å². The molecule has 2 aromatic rings. The Hall–Kier alpha value is -2.47. The van der Waals surface area contributed by atoms with Crippen molar-refractivity contribution < 1.29 is 9.53 Å². The standard InChI is InChI=1S/C23H30N4O2/c1-16-7-8-18(22(12-16)29-3)14-26-11-9-20-19(15-26)13-24-23(25-20)21-6-4-5-10-27(21)17(2)28/h7-8,12-13,21H,4-6,9-11,14-15H2,1-3H3. The van der Waals surface area contributed by atoms with Gasteiger partial charge in [0.15, 0.2) is 5.82 Å². The van der Waals surface area contributed by atoms with Gasteiger partial charge in [-0.05, 0) is 37.8 Å². The van der Waals surface area contributed by atoms with Gasteiger partial charge in [0.25, 0.3) is 0 Å². The average molecular weight is 395 g/mol. The van der Waals surface area contributed by atoms with Gasteiger partial charge in [-0.1, -0.05) is 12.1 Å². The molecule has 1 aromatic carbocycles. The highest BCUT2D eigenvalue weighted by molar-refractivity contribution is 5.73. The number of nitrogens with zero attached hydrogens (tertiary/aromatic N) is 4. The van der Waals surface area contributed by atoms with Gasteiger partial charge in [0, 0.05) is 62.5 Å². The summed E-state index contributed by atoms with van der Waals surface area (Å²) in [4.78, 5) is 25.9. The number of benzene rings is 1. The van der Waals surface area contributed by atoms with E-state index in [0.29, 0.717) is 0 Å². The van der Waals surface area contributed by atoms with Crippen molar-refractivity contribution in [2.75, 3.05) is 20.2 Å². The van der Waals surface area contributed by atoms with Gasteiger partial charge in [-0.2, -0.15) is 0 Å². The van der Waals surface area contributed by atoms with E-state index in [9.17, 15) is 4.79 Å². The Morgan fingerprint density at radius 2 is 2.14 bits per heavy atom. The predicted octanol–water partition coefficient (Wildman–Crippen LogP) is 3.43. The molecule has 6 heteroatoms. The zero-order chi connectivity index (χ0) is 20.4. The molecule has 29 heavy (non-hydrogen) atoms. The molecule has 4 rings (SSSR count). The molecule has 1 atom stereocenters. The minimum atomic E-state index is 0.0291. The number of aryl methyl sites for hydroxylation is 1. The van der Waals surface area contributed by atoms with Gasteiger partial charge in [-0.15, -0.1) is 0 Å². The second-order valence-corrected chi connectivity index (χ2v) is 8.20. The summed E-state index contributed by atoms with van der Waals surface area (Å²) in [5.74, 6) is 1.88. The number of amides is 1. The maximum absolute atomic E-state index is 12.0. The number of piperidine rings is 1. The highest BCUT2D eigenvalue weighted by atomic mass is 16.5. The Morgan fingerprint density at radius 1 is 1.28 bits per heavy atom. The number of hydrogen-bond donors (Lipinski definition) is 0. The number of aromatic nitrogens is 2. The number of ether oxygens (including phenoxy) is 1. The lowest BCUT2D eigenvalue weighted by molar-refractivity contribution is -0.132. The molecule has 154 valence electrons. The first kappa shape index (κ1) is 19.8. The molecule has 1 unspecified atom stereocenters. The smallest absolute Gasteiger partial charge is 0.220 e. The minimum Gasteiger partial charge on any atom is -0.496 e. The summed E-state index contributed by atoms with van der Waals surface area (Å²) in [5.41, 5.74) is 4.74. The fourth-order valence-corrected chi connectivity index (χ4v) is 4.49. The SMILES string of the molecule is COc1cc(C)ccc1CN1CCc2nc(C3CCCCN3C(C)=O)ncc2C1. The van der Waals surface area contributed by atoms with Crippen LogP contribution in [0.15, 0.2) is 24.4 Å². The molecule has 0 bridgehead atoms. The van der Waals surface area contributed by atoms with Crippen LogP contribution >= 0.6 is 0 Å². The molecule has 0 spiro atoms. The predicted molar refractivity (Wildman–Crippen MR) is 112 cm³/mol. The lowest BCUT2D eigenvalue weighted by Crippen LogP contribution is -2.38. The summed E-state index contributed by atoms with van der Waals surface area (Å²) in [7, 11) is 1.73. The Labute approximate surface area is 172 Å². The normalized spacial score (nSPS) is 19.7. The third-order valence-corrected chi connectivity index (χ3v) is 6.07. The number of fused-ring (bicyclic) bond motifs is 1. The van der Waals surface area contributed by atoms with Crippen molar-refractivity contribution in [3.05, 3.63) is 52.6 Å². The van der Waals surface area contributed by atoms with Gasteiger partial charge in [-0.25, -0.2) is 9.97 Å². The van der Waals surface area contributed by atoms with E-state index in [-0.39, 0.29) is 11.9 Å². The Morgan fingerprint density at radius 3 is 2.93 bits per heavy atom. The van der Waals surface area contributed by atoms with Gasteiger partial charge in [0.1, 0.15) is 5.75 Å². The van der Waals surface area contributed by atoms with Gasteiger partial charge in [0.2, 0.25) is 5.91 Å². The fourth-order valence-electron chi connectivity index (χ4n) is 4.49. The zero-order valence-corrected chi connectivity index (χ0v) is 17.6. The van der Waals surface area contributed by atoms with Gasteiger partial charge in [0.05, 0.1) is 13.2 Å². The van der Waals surface area contributed by atoms with Crippen LogP contribution in [0.2, 0.25) is 0 Å². The third-order valence-electron chi connectivity index (χ3n) is 6.07. The van der Waals surface area contributed by atoms with Crippen molar-refractivity contribution in [3.8, 4) is 5.75 Å². The zero-order valence-electron chi connectivity index (χ0n) is 17.6. The number of rotatable bonds is 4. The molecule has 2 aliphatic heterocycles. The van der Waals surface area contributed by atoms with Crippen LogP contribution < -0.4 is 4.74 Å². The molecule has 1 fully saturated rings. The lowest BCUT2D eigenvalue weighted by atomic mass is 10.00. The largest absolute Gasteiger partial charge is 0.496 e. The highest BCUT2D eigenvalue weighted by Crippen LogP contribution is 2.30. The maximum atomic E-state index is 12.0. The van der Waals surface area contributed by atoms with E-state index in [1.807, 2.05) is 11.1 Å².